The zero-order chi connectivity index (χ0) is 20.1. The number of hydrogen-bond acceptors (Lipinski definition) is 4. The van der Waals surface area contributed by atoms with Gasteiger partial charge in [-0.1, -0.05) is 19.3 Å². The molecule has 0 spiro atoms. The normalized spacial score (nSPS) is 15.1. The van der Waals surface area contributed by atoms with Crippen molar-refractivity contribution in [2.75, 3.05) is 23.0 Å². The van der Waals surface area contributed by atoms with Gasteiger partial charge in [0.1, 0.15) is 5.75 Å². The Kier molecular flexibility index (Phi) is 6.24. The van der Waals surface area contributed by atoms with E-state index in [4.69, 9.17) is 4.74 Å². The summed E-state index contributed by atoms with van der Waals surface area (Å²) in [5.74, 6) is 0.805. The van der Waals surface area contributed by atoms with E-state index in [0.29, 0.717) is 11.4 Å². The molecule has 0 saturated heterocycles. The lowest BCUT2D eigenvalue weighted by Gasteiger charge is -2.29. The van der Waals surface area contributed by atoms with Crippen LogP contribution < -0.4 is 14.4 Å². The molecular weight excluding hydrogens is 376 g/mol. The number of nitrogens with zero attached hydrogens (tertiary/aromatic N) is 1. The summed E-state index contributed by atoms with van der Waals surface area (Å²) in [5.41, 5.74) is 1.94. The average Bonchev–Trinajstić information content (AvgIpc) is 2.69. The predicted molar refractivity (Wildman–Crippen MR) is 112 cm³/mol. The lowest BCUT2D eigenvalue weighted by Crippen LogP contribution is -2.33. The van der Waals surface area contributed by atoms with E-state index in [-0.39, 0.29) is 11.8 Å². The monoisotopic (exact) mass is 402 g/mol. The molecule has 6 nitrogen and oxygen atoms in total. The lowest BCUT2D eigenvalue weighted by molar-refractivity contribution is -0.122. The largest absolute Gasteiger partial charge is 0.497 e. The molecule has 3 rings (SSSR count). The molecule has 0 aromatic heterocycles. The minimum absolute atomic E-state index is 0.00433. The first-order valence-corrected chi connectivity index (χ1v) is 11.3. The van der Waals surface area contributed by atoms with Gasteiger partial charge in [-0.15, -0.1) is 0 Å². The van der Waals surface area contributed by atoms with Gasteiger partial charge < -0.3 is 4.74 Å². The van der Waals surface area contributed by atoms with Gasteiger partial charge in [-0.2, -0.15) is 0 Å². The van der Waals surface area contributed by atoms with Gasteiger partial charge >= 0.3 is 0 Å². The molecule has 28 heavy (non-hydrogen) atoms. The topological polar surface area (TPSA) is 75.7 Å². The van der Waals surface area contributed by atoms with E-state index in [1.165, 1.54) is 6.42 Å². The molecule has 2 aromatic carbocycles. The summed E-state index contributed by atoms with van der Waals surface area (Å²) in [7, 11) is -1.74. The standard InChI is InChI=1S/C21H26N2O4S/c1-27-20-14-12-19(13-15-20)23(21(24)16-6-4-3-5-7-16)18-10-8-17(9-11-18)22-28(2,25)26/h8-16,22H,3-7H2,1-2H3. The maximum Gasteiger partial charge on any atom is 0.234 e. The third kappa shape index (κ3) is 5.04. The van der Waals surface area contributed by atoms with Crippen LogP contribution in [0.25, 0.3) is 0 Å². The highest BCUT2D eigenvalue weighted by molar-refractivity contribution is 7.92. The van der Waals surface area contributed by atoms with Crippen LogP contribution in [0.4, 0.5) is 17.1 Å². The molecular formula is C21H26N2O4S. The smallest absolute Gasteiger partial charge is 0.234 e. The number of benzene rings is 2. The molecule has 1 amide bonds. The van der Waals surface area contributed by atoms with Crippen molar-refractivity contribution in [1.29, 1.82) is 0 Å². The van der Waals surface area contributed by atoms with E-state index in [2.05, 4.69) is 4.72 Å². The van der Waals surface area contributed by atoms with Crippen molar-refractivity contribution in [1.82, 2.24) is 0 Å². The van der Waals surface area contributed by atoms with Crippen LogP contribution in [0.5, 0.6) is 5.75 Å². The van der Waals surface area contributed by atoms with Crippen molar-refractivity contribution < 1.29 is 17.9 Å². The number of sulfonamides is 1. The van der Waals surface area contributed by atoms with Crippen molar-refractivity contribution >= 4 is 33.0 Å². The van der Waals surface area contributed by atoms with Crippen molar-refractivity contribution in [2.45, 2.75) is 32.1 Å². The molecule has 150 valence electrons. The number of anilines is 3. The number of carbonyl (C=O) groups excluding carboxylic acids is 1. The van der Waals surface area contributed by atoms with Crippen molar-refractivity contribution in [3.05, 3.63) is 48.5 Å². The van der Waals surface area contributed by atoms with Crippen LogP contribution >= 0.6 is 0 Å². The van der Waals surface area contributed by atoms with Crippen molar-refractivity contribution in [2.24, 2.45) is 5.92 Å². The number of hydrogen-bond donors (Lipinski definition) is 1. The van der Waals surface area contributed by atoms with E-state index >= 15 is 0 Å². The maximum atomic E-state index is 13.4. The number of carbonyl (C=O) groups is 1. The number of nitrogens with one attached hydrogen (secondary N) is 1. The first-order valence-electron chi connectivity index (χ1n) is 9.43. The molecule has 7 heteroatoms. The molecule has 1 N–H and O–H groups in total. The molecule has 0 aliphatic heterocycles. The van der Waals surface area contributed by atoms with Crippen molar-refractivity contribution in [3.63, 3.8) is 0 Å². The molecule has 0 atom stereocenters. The van der Waals surface area contributed by atoms with E-state index < -0.39 is 10.0 Å². The lowest BCUT2D eigenvalue weighted by atomic mass is 9.88. The van der Waals surface area contributed by atoms with Gasteiger partial charge in [-0.25, -0.2) is 8.42 Å². The molecule has 0 unspecified atom stereocenters. The number of amides is 1. The van der Waals surface area contributed by atoms with Crippen LogP contribution in [0.15, 0.2) is 48.5 Å². The second kappa shape index (κ2) is 8.65. The zero-order valence-electron chi connectivity index (χ0n) is 16.2. The van der Waals surface area contributed by atoms with Gasteiger partial charge in [0, 0.05) is 23.0 Å². The quantitative estimate of drug-likeness (QED) is 0.781. The average molecular weight is 403 g/mol. The second-order valence-electron chi connectivity index (χ2n) is 7.13. The highest BCUT2D eigenvalue weighted by atomic mass is 32.2. The van der Waals surface area contributed by atoms with Gasteiger partial charge in [0.2, 0.25) is 15.9 Å². The van der Waals surface area contributed by atoms with Crippen LogP contribution in [-0.4, -0.2) is 27.7 Å². The number of methoxy groups -OCH3 is 1. The Bertz CT molecular complexity index is 902. The molecule has 1 fully saturated rings. The number of rotatable bonds is 6. The Hall–Kier alpha value is -2.54. The molecule has 1 saturated carbocycles. The summed E-state index contributed by atoms with van der Waals surface area (Å²) in [6.45, 7) is 0. The van der Waals surface area contributed by atoms with E-state index in [1.807, 2.05) is 24.3 Å². The molecule has 0 heterocycles. The Balaban J connectivity index is 1.93. The highest BCUT2D eigenvalue weighted by Gasteiger charge is 2.28. The summed E-state index contributed by atoms with van der Waals surface area (Å²) in [6, 6.07) is 14.2. The van der Waals surface area contributed by atoms with Crippen LogP contribution in [-0.2, 0) is 14.8 Å². The first kappa shape index (κ1) is 20.2. The van der Waals surface area contributed by atoms with Crippen LogP contribution in [0.1, 0.15) is 32.1 Å². The Labute approximate surface area is 166 Å². The third-order valence-corrected chi connectivity index (χ3v) is 5.54. The molecule has 1 aliphatic rings. The molecule has 1 aliphatic carbocycles. The minimum atomic E-state index is -3.35. The Morgan fingerprint density at radius 1 is 0.964 bits per heavy atom. The molecule has 2 aromatic rings. The van der Waals surface area contributed by atoms with Crippen LogP contribution in [0.3, 0.4) is 0 Å². The minimum Gasteiger partial charge on any atom is -0.497 e. The summed E-state index contributed by atoms with van der Waals surface area (Å²) in [5, 5.41) is 0. The third-order valence-electron chi connectivity index (χ3n) is 4.93. The van der Waals surface area contributed by atoms with Gasteiger partial charge in [-0.3, -0.25) is 14.4 Å². The summed E-state index contributed by atoms with van der Waals surface area (Å²) in [4.78, 5) is 15.1. The second-order valence-corrected chi connectivity index (χ2v) is 8.88. The molecule has 0 bridgehead atoms. The Morgan fingerprint density at radius 3 is 2.00 bits per heavy atom. The van der Waals surface area contributed by atoms with Crippen molar-refractivity contribution in [3.8, 4) is 5.75 Å². The van der Waals surface area contributed by atoms with E-state index in [9.17, 15) is 13.2 Å². The first-order chi connectivity index (χ1) is 13.4. The predicted octanol–water partition coefficient (Wildman–Crippen LogP) is 4.31. The van der Waals surface area contributed by atoms with E-state index in [0.717, 1.165) is 43.4 Å². The summed E-state index contributed by atoms with van der Waals surface area (Å²) >= 11 is 0. The molecule has 0 radical (unpaired) electrons. The fourth-order valence-corrected chi connectivity index (χ4v) is 4.12. The maximum absolute atomic E-state index is 13.4. The highest BCUT2D eigenvalue weighted by Crippen LogP contribution is 2.33. The van der Waals surface area contributed by atoms with E-state index in [1.54, 1.807) is 36.3 Å². The van der Waals surface area contributed by atoms with Gasteiger partial charge in [0.05, 0.1) is 13.4 Å². The zero-order valence-corrected chi connectivity index (χ0v) is 17.0. The SMILES string of the molecule is COc1ccc(N(C(=O)C2CCCCC2)c2ccc(NS(C)(=O)=O)cc2)cc1. The number of ether oxygens (including phenoxy) is 1. The van der Waals surface area contributed by atoms with Crippen LogP contribution in [0, 0.1) is 5.92 Å². The van der Waals surface area contributed by atoms with Gasteiger partial charge in [0.15, 0.2) is 0 Å². The fraction of sp³-hybridized carbons (Fsp3) is 0.381. The van der Waals surface area contributed by atoms with Crippen LogP contribution in [0.2, 0.25) is 0 Å². The summed E-state index contributed by atoms with van der Waals surface area (Å²) < 4.78 is 30.5. The van der Waals surface area contributed by atoms with Gasteiger partial charge in [-0.05, 0) is 61.4 Å². The fourth-order valence-electron chi connectivity index (χ4n) is 3.56. The van der Waals surface area contributed by atoms with Gasteiger partial charge in [0.25, 0.3) is 0 Å². The Morgan fingerprint density at radius 2 is 1.50 bits per heavy atom. The summed E-state index contributed by atoms with van der Waals surface area (Å²) in [6.07, 6.45) is 6.24.